The molecule has 0 spiro atoms. The summed E-state index contributed by atoms with van der Waals surface area (Å²) < 4.78 is 33.8. The average Bonchev–Trinajstić information content (AvgIpc) is 2.47. The van der Waals surface area contributed by atoms with Gasteiger partial charge < -0.3 is 9.05 Å². The molecule has 2 aromatic carbocycles. The molecule has 0 heterocycles. The van der Waals surface area contributed by atoms with Crippen LogP contribution in [0.25, 0.3) is 0 Å². The Hall–Kier alpha value is -1.60. The molecule has 0 aliphatic carbocycles. The molecule has 0 fully saturated rings. The van der Waals surface area contributed by atoms with E-state index in [1.807, 2.05) is 12.1 Å². The lowest BCUT2D eigenvalue weighted by Gasteiger charge is -2.14. The molecule has 0 saturated heterocycles. The van der Waals surface area contributed by atoms with Gasteiger partial charge in [0, 0.05) is 0 Å². The van der Waals surface area contributed by atoms with Gasteiger partial charge in [0.25, 0.3) is 0 Å². The lowest BCUT2D eigenvalue weighted by atomic mass is 10.3. The fraction of sp³-hybridized carbons (Fsp3) is 0. The Kier molecular flexibility index (Phi) is 5.37. The lowest BCUT2D eigenvalue weighted by molar-refractivity contribution is 0.386. The monoisotopic (exact) mass is 403 g/mol. The number of halogens is 1. The first-order valence-corrected chi connectivity index (χ1v) is 9.07. The third-order valence-electron chi connectivity index (χ3n) is 2.11. The van der Waals surface area contributed by atoms with E-state index >= 15 is 0 Å². The summed E-state index contributed by atoms with van der Waals surface area (Å²) in [6, 6.07) is 17.2. The predicted octanol–water partition coefficient (Wildman–Crippen LogP) is 5.35. The van der Waals surface area contributed by atoms with Crippen molar-refractivity contribution in [3.63, 3.8) is 0 Å². The van der Waals surface area contributed by atoms with Crippen LogP contribution in [0.2, 0.25) is 0 Å². The van der Waals surface area contributed by atoms with Crippen LogP contribution in [0.15, 0.2) is 68.9 Å². The van der Waals surface area contributed by atoms with Crippen molar-refractivity contribution in [2.24, 2.45) is 8.21 Å². The zero-order valence-corrected chi connectivity index (χ0v) is 13.3. The Balaban J connectivity index is 2.24. The van der Waals surface area contributed by atoms with Gasteiger partial charge in [-0.2, -0.15) is 0 Å². The van der Waals surface area contributed by atoms with Gasteiger partial charge in [0.15, 0.2) is 21.3 Å². The summed E-state index contributed by atoms with van der Waals surface area (Å²) in [6.07, 6.45) is 0. The zero-order chi connectivity index (χ0) is 14.3. The van der Waals surface area contributed by atoms with Crippen molar-refractivity contribution in [2.45, 2.75) is 0 Å². The summed E-state index contributed by atoms with van der Waals surface area (Å²) in [6.45, 7) is 0. The van der Waals surface area contributed by atoms with Crippen LogP contribution in [0.3, 0.4) is 0 Å². The first kappa shape index (κ1) is 14.8. The Labute approximate surface area is 126 Å². The Morgan fingerprint density at radius 3 is 1.75 bits per heavy atom. The van der Waals surface area contributed by atoms with Crippen molar-refractivity contribution in [3.05, 3.63) is 60.7 Å². The molecule has 0 aromatic heterocycles. The summed E-state index contributed by atoms with van der Waals surface area (Å²) in [4.78, 5) is 3.56. The largest absolute Gasteiger partial charge is 0.582 e. The summed E-state index contributed by atoms with van der Waals surface area (Å²) in [5.74, 6) is 0.739. The fourth-order valence-corrected chi connectivity index (χ4v) is 3.34. The van der Waals surface area contributed by atoms with E-state index in [1.165, 1.54) is 0 Å². The number of nitrogens with zero attached hydrogens (tertiary/aromatic N) is 2. The second-order valence-corrected chi connectivity index (χ2v) is 5.92. The number of nitrogens with one attached hydrogen (secondary N) is 1. The molecule has 1 N–H and O–H groups in total. The third kappa shape index (κ3) is 4.50. The van der Waals surface area contributed by atoms with Crippen molar-refractivity contribution >= 4 is 29.1 Å². The summed E-state index contributed by atoms with van der Waals surface area (Å²) in [5, 5.41) is 0. The minimum absolute atomic E-state index is 0.369. The van der Waals surface area contributed by atoms with Gasteiger partial charge in [0.05, 0.1) is 0 Å². The molecule has 0 atom stereocenters. The molecule has 0 radical (unpaired) electrons. The van der Waals surface area contributed by atoms with E-state index in [1.54, 1.807) is 48.5 Å². The van der Waals surface area contributed by atoms with Gasteiger partial charge in [-0.15, -0.1) is 0 Å². The van der Waals surface area contributed by atoms with E-state index in [0.29, 0.717) is 11.5 Å². The van der Waals surface area contributed by atoms with Gasteiger partial charge in [-0.05, 0) is 29.2 Å². The summed E-state index contributed by atoms with van der Waals surface area (Å²) >= 11 is -1.23. The molecule has 2 rings (SSSR count). The lowest BCUT2D eigenvalue weighted by Crippen LogP contribution is -1.98. The van der Waals surface area contributed by atoms with Crippen LogP contribution in [-0.2, 0) is 4.57 Å². The van der Waals surface area contributed by atoms with Crippen LogP contribution in [0, 0.1) is 3.56 Å². The highest BCUT2D eigenvalue weighted by Crippen LogP contribution is 2.50. The van der Waals surface area contributed by atoms with Crippen molar-refractivity contribution in [2.75, 3.05) is 0 Å². The van der Waals surface area contributed by atoms with Crippen molar-refractivity contribution in [3.8, 4) is 11.5 Å². The highest BCUT2D eigenvalue weighted by atomic mass is 127. The highest BCUT2D eigenvalue weighted by molar-refractivity contribution is 14.1. The average molecular weight is 403 g/mol. The number of hydrogen-bond acceptors (Lipinski definition) is 4. The number of hydrogen-bond donors (Lipinski definition) is 1. The standard InChI is InChI=1S/C12H11IN3O3P/c14-13-15-16-20(17,18-11-7-3-1-4-8-11)19-12-9-5-2-6-10-12/h1-10,14H/b16-15-. The van der Waals surface area contributed by atoms with Gasteiger partial charge >= 0.3 is 7.75 Å². The van der Waals surface area contributed by atoms with Crippen LogP contribution in [0.4, 0.5) is 0 Å². The molecular formula is C12H11IN3O3P. The first-order chi connectivity index (χ1) is 9.72. The third-order valence-corrected chi connectivity index (χ3v) is 4.07. The Morgan fingerprint density at radius 1 is 0.900 bits per heavy atom. The minimum Gasteiger partial charge on any atom is -0.398 e. The van der Waals surface area contributed by atoms with E-state index < -0.39 is 29.1 Å². The van der Waals surface area contributed by atoms with Crippen LogP contribution < -0.4 is 9.05 Å². The second-order valence-electron chi connectivity index (χ2n) is 3.53. The van der Waals surface area contributed by atoms with Crippen LogP contribution in [0.1, 0.15) is 0 Å². The molecule has 104 valence electrons. The summed E-state index contributed by atoms with van der Waals surface area (Å²) in [7, 11) is -3.81. The normalized spacial score (nSPS) is 11.4. The van der Waals surface area contributed by atoms with Crippen LogP contribution in [0.5, 0.6) is 11.5 Å². The van der Waals surface area contributed by atoms with Gasteiger partial charge in [0.1, 0.15) is 11.5 Å². The molecule has 0 unspecified atom stereocenters. The number of benzene rings is 2. The minimum atomic E-state index is -3.81. The van der Waals surface area contributed by atoms with E-state index in [9.17, 15) is 4.57 Å². The van der Waals surface area contributed by atoms with Crippen molar-refractivity contribution in [1.82, 2.24) is 0 Å². The molecule has 0 bridgehead atoms. The zero-order valence-electron chi connectivity index (χ0n) is 10.2. The molecule has 0 aliphatic heterocycles. The Bertz CT molecular complexity index is 591. The SMILES string of the molecule is N=I/N=N\P(=O)(Oc1ccccc1)Oc1ccccc1. The molecule has 6 nitrogen and oxygen atoms in total. The van der Waals surface area contributed by atoms with Crippen molar-refractivity contribution in [1.29, 1.82) is 3.56 Å². The Morgan fingerprint density at radius 2 is 1.35 bits per heavy atom. The number of rotatable bonds is 6. The molecule has 0 amide bonds. The van der Waals surface area contributed by atoms with Gasteiger partial charge in [-0.3, -0.25) is 3.56 Å². The molecule has 20 heavy (non-hydrogen) atoms. The molecule has 2 aromatic rings. The summed E-state index contributed by atoms with van der Waals surface area (Å²) in [5.41, 5.74) is 0. The van der Waals surface area contributed by atoms with Crippen molar-refractivity contribution < 1.29 is 13.6 Å². The molecule has 0 aliphatic rings. The van der Waals surface area contributed by atoms with E-state index in [-0.39, 0.29) is 0 Å². The van der Waals surface area contributed by atoms with Gasteiger partial charge in [-0.25, -0.2) is 4.57 Å². The maximum Gasteiger partial charge on any atom is 0.582 e. The van der Waals surface area contributed by atoms with E-state index in [0.717, 1.165) is 0 Å². The quantitative estimate of drug-likeness (QED) is 0.401. The topological polar surface area (TPSA) is 84.1 Å². The first-order valence-electron chi connectivity index (χ1n) is 5.54. The van der Waals surface area contributed by atoms with E-state index in [2.05, 4.69) is 8.21 Å². The second kappa shape index (κ2) is 7.25. The van der Waals surface area contributed by atoms with Gasteiger partial charge in [-0.1, -0.05) is 39.7 Å². The van der Waals surface area contributed by atoms with Gasteiger partial charge in [0.2, 0.25) is 0 Å². The smallest absolute Gasteiger partial charge is 0.398 e. The van der Waals surface area contributed by atoms with Crippen LogP contribution in [-0.4, -0.2) is 0 Å². The maximum atomic E-state index is 12.5. The molecule has 0 saturated carbocycles. The predicted molar refractivity (Wildman–Crippen MR) is 83.3 cm³/mol. The number of para-hydroxylation sites is 2. The molecular weight excluding hydrogens is 392 g/mol. The highest BCUT2D eigenvalue weighted by Gasteiger charge is 2.28. The molecule has 8 heteroatoms. The van der Waals surface area contributed by atoms with Crippen LogP contribution >= 0.6 is 29.1 Å². The van der Waals surface area contributed by atoms with E-state index in [4.69, 9.17) is 12.6 Å². The maximum absolute atomic E-state index is 12.5. The fourth-order valence-electron chi connectivity index (χ4n) is 1.34.